The zero-order chi connectivity index (χ0) is 7.61. The fourth-order valence-electron chi connectivity index (χ4n) is 1.45. The van der Waals surface area contributed by atoms with Crippen LogP contribution in [0.15, 0.2) is 12.2 Å². The van der Waals surface area contributed by atoms with Crippen molar-refractivity contribution in [1.29, 1.82) is 0 Å². The summed E-state index contributed by atoms with van der Waals surface area (Å²) in [4.78, 5) is 0. The van der Waals surface area contributed by atoms with E-state index in [-0.39, 0.29) is 5.54 Å². The van der Waals surface area contributed by atoms with E-state index < -0.39 is 0 Å². The van der Waals surface area contributed by atoms with Crippen LogP contribution in [0.2, 0.25) is 0 Å². The van der Waals surface area contributed by atoms with Crippen molar-refractivity contribution in [3.8, 4) is 0 Å². The predicted molar refractivity (Wildman–Crippen MR) is 44.8 cm³/mol. The van der Waals surface area contributed by atoms with Crippen LogP contribution in [0.1, 0.15) is 39.0 Å². The molecule has 0 heterocycles. The molecule has 1 aliphatic rings. The number of nitrogens with two attached hydrogens (primary N) is 1. The Morgan fingerprint density at radius 1 is 1.40 bits per heavy atom. The summed E-state index contributed by atoms with van der Waals surface area (Å²) in [6, 6.07) is 0. The molecule has 1 aliphatic carbocycles. The molecule has 0 radical (unpaired) electrons. The lowest BCUT2D eigenvalue weighted by Crippen LogP contribution is -2.34. The van der Waals surface area contributed by atoms with Crippen LogP contribution in [0.3, 0.4) is 0 Å². The molecule has 0 aromatic heterocycles. The summed E-state index contributed by atoms with van der Waals surface area (Å²) in [5, 5.41) is 0. The molecule has 0 aliphatic heterocycles. The number of rotatable bonds is 0. The highest BCUT2D eigenvalue weighted by Gasteiger charge is 2.20. The third-order valence-corrected chi connectivity index (χ3v) is 2.33. The van der Waals surface area contributed by atoms with Gasteiger partial charge in [0.2, 0.25) is 0 Å². The largest absolute Gasteiger partial charge is 0.325 e. The van der Waals surface area contributed by atoms with Crippen LogP contribution < -0.4 is 5.73 Å². The Kier molecular flexibility index (Phi) is 2.14. The van der Waals surface area contributed by atoms with Gasteiger partial charge in [0, 0.05) is 5.54 Å². The topological polar surface area (TPSA) is 26.0 Å². The van der Waals surface area contributed by atoms with Crippen LogP contribution in [0.25, 0.3) is 0 Å². The summed E-state index contributed by atoms with van der Waals surface area (Å²) in [5.74, 6) is 0. The van der Waals surface area contributed by atoms with Gasteiger partial charge in [0.25, 0.3) is 0 Å². The van der Waals surface area contributed by atoms with E-state index in [1.165, 1.54) is 18.4 Å². The molecule has 0 saturated heterocycles. The van der Waals surface area contributed by atoms with E-state index in [2.05, 4.69) is 13.5 Å². The molecule has 1 atom stereocenters. The van der Waals surface area contributed by atoms with Gasteiger partial charge in [-0.25, -0.2) is 0 Å². The summed E-state index contributed by atoms with van der Waals surface area (Å²) in [6.07, 6.45) is 5.82. The van der Waals surface area contributed by atoms with Crippen molar-refractivity contribution >= 4 is 0 Å². The monoisotopic (exact) mass is 139 g/mol. The van der Waals surface area contributed by atoms with E-state index in [0.717, 1.165) is 19.3 Å². The van der Waals surface area contributed by atoms with Crippen molar-refractivity contribution in [3.05, 3.63) is 12.2 Å². The van der Waals surface area contributed by atoms with Gasteiger partial charge in [-0.05, 0) is 39.0 Å². The molecule has 1 nitrogen and oxygen atoms in total. The first-order valence-corrected chi connectivity index (χ1v) is 4.06. The zero-order valence-electron chi connectivity index (χ0n) is 6.82. The van der Waals surface area contributed by atoms with E-state index in [1.54, 1.807) is 0 Å². The van der Waals surface area contributed by atoms with Crippen LogP contribution >= 0.6 is 0 Å². The van der Waals surface area contributed by atoms with E-state index in [9.17, 15) is 0 Å². The molecular formula is C9H17N. The van der Waals surface area contributed by atoms with Crippen LogP contribution in [-0.4, -0.2) is 5.54 Å². The molecule has 2 N–H and O–H groups in total. The number of hydrogen-bond acceptors (Lipinski definition) is 1. The molecule has 0 spiro atoms. The van der Waals surface area contributed by atoms with E-state index in [1.807, 2.05) is 0 Å². The van der Waals surface area contributed by atoms with Crippen molar-refractivity contribution in [1.82, 2.24) is 0 Å². The summed E-state index contributed by atoms with van der Waals surface area (Å²) in [6.45, 7) is 6.13. The van der Waals surface area contributed by atoms with Gasteiger partial charge in [0.1, 0.15) is 0 Å². The van der Waals surface area contributed by atoms with E-state index in [0.29, 0.717) is 0 Å². The predicted octanol–water partition coefficient (Wildman–Crippen LogP) is 2.22. The minimum atomic E-state index is 0.0828. The molecule has 0 aromatic carbocycles. The maximum Gasteiger partial charge on any atom is 0.0129 e. The van der Waals surface area contributed by atoms with Crippen molar-refractivity contribution < 1.29 is 0 Å². The first kappa shape index (κ1) is 7.80. The van der Waals surface area contributed by atoms with Gasteiger partial charge in [-0.1, -0.05) is 12.2 Å². The van der Waals surface area contributed by atoms with E-state index in [4.69, 9.17) is 5.73 Å². The van der Waals surface area contributed by atoms with Crippen LogP contribution in [0.4, 0.5) is 0 Å². The third-order valence-electron chi connectivity index (χ3n) is 2.33. The molecule has 10 heavy (non-hydrogen) atoms. The molecule has 0 aromatic rings. The summed E-state index contributed by atoms with van der Waals surface area (Å²) < 4.78 is 0. The van der Waals surface area contributed by atoms with Crippen LogP contribution in [-0.2, 0) is 0 Å². The standard InChI is InChI=1S/C9H17N/c1-8-4-3-6-9(2,10)7-5-8/h1,3-7,10H2,2H3. The SMILES string of the molecule is C=C1CCCC(C)(N)CC1. The first-order valence-electron chi connectivity index (χ1n) is 4.06. The molecule has 58 valence electrons. The van der Waals surface area contributed by atoms with Gasteiger partial charge >= 0.3 is 0 Å². The number of allylic oxidation sites excluding steroid dienone is 1. The smallest absolute Gasteiger partial charge is 0.0129 e. The van der Waals surface area contributed by atoms with Crippen molar-refractivity contribution in [3.63, 3.8) is 0 Å². The van der Waals surface area contributed by atoms with E-state index >= 15 is 0 Å². The lowest BCUT2D eigenvalue weighted by atomic mass is 9.94. The second kappa shape index (κ2) is 2.75. The third kappa shape index (κ3) is 2.14. The quantitative estimate of drug-likeness (QED) is 0.404. The average Bonchev–Trinajstić information content (AvgIpc) is 1.94. The highest BCUT2D eigenvalue weighted by atomic mass is 14.7. The molecule has 1 saturated carbocycles. The Hall–Kier alpha value is -0.300. The molecule has 1 fully saturated rings. The first-order chi connectivity index (χ1) is 4.60. The molecular weight excluding hydrogens is 122 g/mol. The highest BCUT2D eigenvalue weighted by molar-refractivity contribution is 5.00. The fraction of sp³-hybridized carbons (Fsp3) is 0.778. The maximum absolute atomic E-state index is 6.00. The number of hydrogen-bond donors (Lipinski definition) is 1. The zero-order valence-corrected chi connectivity index (χ0v) is 6.82. The van der Waals surface area contributed by atoms with Gasteiger partial charge in [-0.15, -0.1) is 0 Å². The summed E-state index contributed by atoms with van der Waals surface area (Å²) in [7, 11) is 0. The second-order valence-electron chi connectivity index (χ2n) is 3.76. The second-order valence-corrected chi connectivity index (χ2v) is 3.76. The van der Waals surface area contributed by atoms with Gasteiger partial charge in [0.05, 0.1) is 0 Å². The maximum atomic E-state index is 6.00. The Labute approximate surface area is 63.3 Å². The lowest BCUT2D eigenvalue weighted by Gasteiger charge is -2.21. The average molecular weight is 139 g/mol. The van der Waals surface area contributed by atoms with Gasteiger partial charge in [0.15, 0.2) is 0 Å². The van der Waals surface area contributed by atoms with Gasteiger partial charge in [-0.2, -0.15) is 0 Å². The normalized spacial score (nSPS) is 35.6. The fourth-order valence-corrected chi connectivity index (χ4v) is 1.45. The molecule has 0 bridgehead atoms. The molecule has 1 rings (SSSR count). The van der Waals surface area contributed by atoms with Gasteiger partial charge in [-0.3, -0.25) is 0 Å². The van der Waals surface area contributed by atoms with Crippen molar-refractivity contribution in [2.24, 2.45) is 5.73 Å². The Morgan fingerprint density at radius 3 is 2.80 bits per heavy atom. The van der Waals surface area contributed by atoms with Crippen LogP contribution in [0.5, 0.6) is 0 Å². The molecule has 0 amide bonds. The van der Waals surface area contributed by atoms with Crippen LogP contribution in [0, 0.1) is 0 Å². The minimum absolute atomic E-state index is 0.0828. The Morgan fingerprint density at radius 2 is 2.10 bits per heavy atom. The Balaban J connectivity index is 2.48. The van der Waals surface area contributed by atoms with Crippen molar-refractivity contribution in [2.45, 2.75) is 44.6 Å². The summed E-state index contributed by atoms with van der Waals surface area (Å²) >= 11 is 0. The van der Waals surface area contributed by atoms with Crippen molar-refractivity contribution in [2.75, 3.05) is 0 Å². The lowest BCUT2D eigenvalue weighted by molar-refractivity contribution is 0.411. The van der Waals surface area contributed by atoms with Gasteiger partial charge < -0.3 is 5.73 Å². The Bertz CT molecular complexity index is 136. The highest BCUT2D eigenvalue weighted by Crippen LogP contribution is 2.26. The minimum Gasteiger partial charge on any atom is -0.325 e. The molecule has 1 unspecified atom stereocenters. The molecule has 1 heteroatoms. The summed E-state index contributed by atoms with van der Waals surface area (Å²) in [5.41, 5.74) is 7.47.